The normalized spacial score (nSPS) is 19.4. The summed E-state index contributed by atoms with van der Waals surface area (Å²) in [5.41, 5.74) is 0.789. The summed E-state index contributed by atoms with van der Waals surface area (Å²) in [7, 11) is 0. The Bertz CT molecular complexity index is 1090. The van der Waals surface area contributed by atoms with Crippen molar-refractivity contribution in [3.8, 4) is 11.4 Å². The van der Waals surface area contributed by atoms with Crippen LogP contribution in [-0.4, -0.2) is 62.3 Å². The zero-order valence-corrected chi connectivity index (χ0v) is 15.1. The van der Waals surface area contributed by atoms with E-state index in [-0.39, 0.29) is 24.7 Å². The van der Waals surface area contributed by atoms with Crippen molar-refractivity contribution in [2.75, 3.05) is 18.0 Å². The van der Waals surface area contributed by atoms with Crippen molar-refractivity contribution >= 4 is 22.9 Å². The van der Waals surface area contributed by atoms with Crippen LogP contribution in [0.1, 0.15) is 6.42 Å². The number of fused-ring (bicyclic) bond motifs is 1. The highest BCUT2D eigenvalue weighted by Gasteiger charge is 2.40. The fourth-order valence-corrected chi connectivity index (χ4v) is 3.28. The number of hydrogen-bond acceptors (Lipinski definition) is 6. The Morgan fingerprint density at radius 2 is 2.10 bits per heavy atom. The molecule has 158 valence electrons. The third kappa shape index (κ3) is 4.00. The van der Waals surface area contributed by atoms with Crippen LogP contribution in [0.2, 0.25) is 0 Å². The molecule has 3 aromatic heterocycles. The van der Waals surface area contributed by atoms with E-state index in [9.17, 15) is 26.7 Å². The summed E-state index contributed by atoms with van der Waals surface area (Å²) < 4.78 is 64.8. The summed E-state index contributed by atoms with van der Waals surface area (Å²) in [5.74, 6) is -1.52. The van der Waals surface area contributed by atoms with Gasteiger partial charge < -0.3 is 15.2 Å². The zero-order valence-electron chi connectivity index (χ0n) is 15.1. The fourth-order valence-electron chi connectivity index (χ4n) is 3.28. The molecule has 1 fully saturated rings. The number of aromatic nitrogens is 5. The maximum Gasteiger partial charge on any atom is 0.405 e. The maximum atomic E-state index is 14.0. The van der Waals surface area contributed by atoms with Gasteiger partial charge in [0.05, 0.1) is 12.7 Å². The summed E-state index contributed by atoms with van der Waals surface area (Å²) >= 11 is 0. The van der Waals surface area contributed by atoms with Gasteiger partial charge in [0, 0.05) is 23.6 Å². The van der Waals surface area contributed by atoms with Gasteiger partial charge in [-0.05, 0) is 6.07 Å². The fraction of sp³-hybridized carbons (Fsp3) is 0.353. The SMILES string of the molecule is O=C(NCC(F)(F)F)[C@H]1C[C@H](F)CN1c1ncnc(-c2c[nH]c3ncc(F)cc23)n1. The summed E-state index contributed by atoms with van der Waals surface area (Å²) in [6, 6.07) is 0.0260. The lowest BCUT2D eigenvalue weighted by Crippen LogP contribution is -2.46. The number of carbonyl (C=O) groups is 1. The number of anilines is 1. The molecular formula is C17H14F5N7O. The third-order valence-corrected chi connectivity index (χ3v) is 4.57. The van der Waals surface area contributed by atoms with Crippen molar-refractivity contribution < 1.29 is 26.7 Å². The van der Waals surface area contributed by atoms with E-state index in [1.54, 1.807) is 5.32 Å². The zero-order chi connectivity index (χ0) is 21.5. The van der Waals surface area contributed by atoms with Crippen LogP contribution >= 0.6 is 0 Å². The van der Waals surface area contributed by atoms with E-state index in [1.165, 1.54) is 17.2 Å². The van der Waals surface area contributed by atoms with Gasteiger partial charge >= 0.3 is 6.18 Å². The Kier molecular flexibility index (Phi) is 4.95. The number of alkyl halides is 4. The minimum Gasteiger partial charge on any atom is -0.345 e. The smallest absolute Gasteiger partial charge is 0.345 e. The first-order valence-corrected chi connectivity index (χ1v) is 8.78. The molecular weight excluding hydrogens is 413 g/mol. The maximum absolute atomic E-state index is 14.0. The standard InChI is InChI=1S/C17H14F5N7O/c18-8-1-10-11(4-24-13(10)23-3-8)14-26-7-27-16(28-14)29-5-9(19)2-12(29)15(30)25-6-17(20,21)22/h1,3-4,7,9,12H,2,5-6H2,(H,23,24)(H,25,30)/t9-,12+/m0/s1. The van der Waals surface area contributed by atoms with E-state index in [0.717, 1.165) is 12.5 Å². The van der Waals surface area contributed by atoms with Crippen LogP contribution in [0.3, 0.4) is 0 Å². The lowest BCUT2D eigenvalue weighted by atomic mass is 10.2. The molecule has 0 radical (unpaired) electrons. The van der Waals surface area contributed by atoms with Gasteiger partial charge in [-0.25, -0.2) is 23.7 Å². The molecule has 30 heavy (non-hydrogen) atoms. The molecule has 0 unspecified atom stereocenters. The largest absolute Gasteiger partial charge is 0.405 e. The molecule has 0 saturated carbocycles. The van der Waals surface area contributed by atoms with Crippen molar-refractivity contribution in [2.45, 2.75) is 24.8 Å². The Morgan fingerprint density at radius 1 is 1.30 bits per heavy atom. The van der Waals surface area contributed by atoms with Crippen LogP contribution in [0.15, 0.2) is 24.8 Å². The number of aromatic amines is 1. The Labute approximate surface area is 165 Å². The molecule has 1 saturated heterocycles. The first kappa shape index (κ1) is 19.9. The van der Waals surface area contributed by atoms with E-state index in [2.05, 4.69) is 24.9 Å². The van der Waals surface area contributed by atoms with Crippen LogP contribution in [0.25, 0.3) is 22.4 Å². The van der Waals surface area contributed by atoms with Gasteiger partial charge in [-0.3, -0.25) is 4.79 Å². The molecule has 2 atom stereocenters. The molecule has 0 aliphatic carbocycles. The topological polar surface area (TPSA) is 99.7 Å². The Balaban J connectivity index is 1.63. The number of halogens is 5. The highest BCUT2D eigenvalue weighted by molar-refractivity contribution is 5.91. The van der Waals surface area contributed by atoms with E-state index in [4.69, 9.17) is 0 Å². The summed E-state index contributed by atoms with van der Waals surface area (Å²) in [4.78, 5) is 32.3. The average Bonchev–Trinajstić information content (AvgIpc) is 3.29. The molecule has 1 aliphatic heterocycles. The van der Waals surface area contributed by atoms with Gasteiger partial charge in [-0.15, -0.1) is 0 Å². The van der Waals surface area contributed by atoms with Crippen molar-refractivity contribution in [3.63, 3.8) is 0 Å². The van der Waals surface area contributed by atoms with Gasteiger partial charge in [0.25, 0.3) is 0 Å². The second-order valence-electron chi connectivity index (χ2n) is 6.70. The minimum atomic E-state index is -4.59. The predicted octanol–water partition coefficient (Wildman–Crippen LogP) is 2.15. The number of amides is 1. The molecule has 3 aromatic rings. The monoisotopic (exact) mass is 427 g/mol. The van der Waals surface area contributed by atoms with Gasteiger partial charge in [0.15, 0.2) is 5.82 Å². The number of rotatable bonds is 4. The van der Waals surface area contributed by atoms with Gasteiger partial charge in [0.2, 0.25) is 11.9 Å². The molecule has 2 N–H and O–H groups in total. The van der Waals surface area contributed by atoms with Crippen molar-refractivity contribution in [3.05, 3.63) is 30.6 Å². The lowest BCUT2D eigenvalue weighted by Gasteiger charge is -2.23. The molecule has 8 nitrogen and oxygen atoms in total. The first-order chi connectivity index (χ1) is 14.2. The van der Waals surface area contributed by atoms with Gasteiger partial charge in [-0.1, -0.05) is 0 Å². The van der Waals surface area contributed by atoms with E-state index in [0.29, 0.717) is 16.6 Å². The van der Waals surface area contributed by atoms with Crippen LogP contribution in [0.5, 0.6) is 0 Å². The predicted molar refractivity (Wildman–Crippen MR) is 94.6 cm³/mol. The average molecular weight is 427 g/mol. The Hall–Kier alpha value is -3.38. The quantitative estimate of drug-likeness (QED) is 0.619. The van der Waals surface area contributed by atoms with Gasteiger partial charge in [-0.2, -0.15) is 18.2 Å². The summed E-state index contributed by atoms with van der Waals surface area (Å²) in [6.45, 7) is -1.79. The second kappa shape index (κ2) is 7.46. The molecule has 0 aromatic carbocycles. The minimum absolute atomic E-state index is 0.0778. The van der Waals surface area contributed by atoms with E-state index < -0.39 is 36.7 Å². The number of H-pyrrole nitrogens is 1. The molecule has 4 heterocycles. The highest BCUT2D eigenvalue weighted by atomic mass is 19.4. The molecule has 13 heteroatoms. The van der Waals surface area contributed by atoms with Crippen molar-refractivity contribution in [2.24, 2.45) is 0 Å². The third-order valence-electron chi connectivity index (χ3n) is 4.57. The van der Waals surface area contributed by atoms with Crippen molar-refractivity contribution in [1.82, 2.24) is 30.2 Å². The molecule has 0 spiro atoms. The summed E-state index contributed by atoms with van der Waals surface area (Å²) in [6.07, 6.45) is -2.67. The molecule has 1 amide bonds. The number of pyridine rings is 1. The highest BCUT2D eigenvalue weighted by Crippen LogP contribution is 2.29. The van der Waals surface area contributed by atoms with Crippen LogP contribution in [-0.2, 0) is 4.79 Å². The van der Waals surface area contributed by atoms with Crippen LogP contribution in [0.4, 0.5) is 27.9 Å². The van der Waals surface area contributed by atoms with E-state index in [1.807, 2.05) is 0 Å². The van der Waals surface area contributed by atoms with Gasteiger partial charge in [0.1, 0.15) is 36.5 Å². The van der Waals surface area contributed by atoms with Crippen molar-refractivity contribution in [1.29, 1.82) is 0 Å². The number of carbonyl (C=O) groups excluding carboxylic acids is 1. The van der Waals surface area contributed by atoms with E-state index >= 15 is 0 Å². The number of nitrogens with zero attached hydrogens (tertiary/aromatic N) is 5. The second-order valence-corrected chi connectivity index (χ2v) is 6.70. The van der Waals surface area contributed by atoms with Crippen LogP contribution in [0, 0.1) is 5.82 Å². The Morgan fingerprint density at radius 3 is 2.87 bits per heavy atom. The molecule has 4 rings (SSSR count). The molecule has 1 aliphatic rings. The number of hydrogen-bond donors (Lipinski definition) is 2. The molecule has 0 bridgehead atoms. The van der Waals surface area contributed by atoms with Crippen LogP contribution < -0.4 is 10.2 Å². The summed E-state index contributed by atoms with van der Waals surface area (Å²) in [5, 5.41) is 2.16. The lowest BCUT2D eigenvalue weighted by molar-refractivity contribution is -0.139. The first-order valence-electron chi connectivity index (χ1n) is 8.78. The number of nitrogens with one attached hydrogen (secondary N) is 2.